The predicted molar refractivity (Wildman–Crippen MR) is 76.8 cm³/mol. The number of hydrogen-bond acceptors (Lipinski definition) is 4. The Bertz CT molecular complexity index is 693. The fourth-order valence-electron chi connectivity index (χ4n) is 2.05. The summed E-state index contributed by atoms with van der Waals surface area (Å²) in [5.41, 5.74) is 1.77. The van der Waals surface area contributed by atoms with Crippen molar-refractivity contribution < 1.29 is 9.72 Å². The highest BCUT2D eigenvalue weighted by atomic mass is 16.6. The van der Waals surface area contributed by atoms with Gasteiger partial charge in [0.2, 0.25) is 0 Å². The molecule has 0 N–H and O–H groups in total. The number of benzene rings is 1. The first kappa shape index (κ1) is 14.7. The maximum absolute atomic E-state index is 12.4. The third kappa shape index (κ3) is 2.91. The molecule has 0 spiro atoms. The van der Waals surface area contributed by atoms with Crippen LogP contribution in [0.1, 0.15) is 21.6 Å². The van der Waals surface area contributed by atoms with Gasteiger partial charge in [-0.3, -0.25) is 19.6 Å². The fourth-order valence-corrected chi connectivity index (χ4v) is 2.05. The van der Waals surface area contributed by atoms with E-state index in [1.54, 1.807) is 30.1 Å². The number of amides is 1. The third-order valence-electron chi connectivity index (χ3n) is 3.42. The highest BCUT2D eigenvalue weighted by Crippen LogP contribution is 2.20. The Morgan fingerprint density at radius 3 is 2.67 bits per heavy atom. The molecule has 7 nitrogen and oxygen atoms in total. The summed E-state index contributed by atoms with van der Waals surface area (Å²) in [7, 11) is 3.44. The van der Waals surface area contributed by atoms with Gasteiger partial charge in [-0.1, -0.05) is 12.1 Å². The van der Waals surface area contributed by atoms with Gasteiger partial charge >= 0.3 is 0 Å². The lowest BCUT2D eigenvalue weighted by atomic mass is 10.1. The molecule has 0 fully saturated rings. The van der Waals surface area contributed by atoms with Gasteiger partial charge in [-0.05, 0) is 13.0 Å². The number of carbonyl (C=O) groups is 1. The van der Waals surface area contributed by atoms with E-state index in [-0.39, 0.29) is 17.2 Å². The standard InChI is InChI=1S/C14H16N4O3/c1-10-11(8-15-17(10)3)9-16(2)14(19)12-6-4-5-7-13(12)18(20)21/h4-8H,9H2,1-3H3. The van der Waals surface area contributed by atoms with E-state index in [9.17, 15) is 14.9 Å². The average molecular weight is 288 g/mol. The Morgan fingerprint density at radius 2 is 2.10 bits per heavy atom. The molecule has 2 aromatic rings. The van der Waals surface area contributed by atoms with Crippen molar-refractivity contribution in [1.82, 2.24) is 14.7 Å². The number of rotatable bonds is 4. The molecule has 21 heavy (non-hydrogen) atoms. The van der Waals surface area contributed by atoms with Gasteiger partial charge in [0, 0.05) is 38.0 Å². The monoisotopic (exact) mass is 288 g/mol. The topological polar surface area (TPSA) is 81.3 Å². The molecule has 110 valence electrons. The molecule has 1 aromatic heterocycles. The Morgan fingerprint density at radius 1 is 1.43 bits per heavy atom. The maximum Gasteiger partial charge on any atom is 0.282 e. The number of nitro groups is 1. The van der Waals surface area contributed by atoms with Crippen molar-refractivity contribution in [3.8, 4) is 0 Å². The lowest BCUT2D eigenvalue weighted by molar-refractivity contribution is -0.385. The molecule has 0 saturated carbocycles. The van der Waals surface area contributed by atoms with Crippen LogP contribution in [0.2, 0.25) is 0 Å². The number of hydrogen-bond donors (Lipinski definition) is 0. The van der Waals surface area contributed by atoms with E-state index in [4.69, 9.17) is 0 Å². The first-order valence-electron chi connectivity index (χ1n) is 6.38. The zero-order chi connectivity index (χ0) is 15.6. The van der Waals surface area contributed by atoms with E-state index < -0.39 is 4.92 Å². The summed E-state index contributed by atoms with van der Waals surface area (Å²) >= 11 is 0. The number of para-hydroxylation sites is 1. The predicted octanol–water partition coefficient (Wildman–Crippen LogP) is 1.91. The molecule has 7 heteroatoms. The van der Waals surface area contributed by atoms with Crippen molar-refractivity contribution in [2.45, 2.75) is 13.5 Å². The molecule has 2 rings (SSSR count). The van der Waals surface area contributed by atoms with Crippen LogP contribution in [0, 0.1) is 17.0 Å². The second-order valence-corrected chi connectivity index (χ2v) is 4.81. The molecule has 0 atom stereocenters. The van der Waals surface area contributed by atoms with E-state index in [0.717, 1.165) is 11.3 Å². The average Bonchev–Trinajstić information content (AvgIpc) is 2.78. The molecule has 1 amide bonds. The Labute approximate surface area is 121 Å². The summed E-state index contributed by atoms with van der Waals surface area (Å²) in [5.74, 6) is -0.384. The molecule has 0 aliphatic rings. The van der Waals surface area contributed by atoms with Crippen molar-refractivity contribution in [2.75, 3.05) is 7.05 Å². The Balaban J connectivity index is 2.24. The minimum Gasteiger partial charge on any atom is -0.337 e. The molecule has 1 heterocycles. The van der Waals surface area contributed by atoms with Gasteiger partial charge in [0.15, 0.2) is 0 Å². The summed E-state index contributed by atoms with van der Waals surface area (Å²) < 4.78 is 1.72. The van der Waals surface area contributed by atoms with Gasteiger partial charge in [-0.25, -0.2) is 0 Å². The zero-order valence-electron chi connectivity index (χ0n) is 12.1. The van der Waals surface area contributed by atoms with Crippen LogP contribution in [0.25, 0.3) is 0 Å². The van der Waals surface area contributed by atoms with Gasteiger partial charge < -0.3 is 4.90 Å². The van der Waals surface area contributed by atoms with E-state index >= 15 is 0 Å². The minimum atomic E-state index is -0.545. The van der Waals surface area contributed by atoms with Crippen molar-refractivity contribution in [1.29, 1.82) is 0 Å². The van der Waals surface area contributed by atoms with Crippen LogP contribution in [0.5, 0.6) is 0 Å². The second-order valence-electron chi connectivity index (χ2n) is 4.81. The lowest BCUT2D eigenvalue weighted by Gasteiger charge is -2.17. The molecular formula is C14H16N4O3. The normalized spacial score (nSPS) is 10.4. The van der Waals surface area contributed by atoms with Gasteiger partial charge in [0.05, 0.1) is 11.1 Å². The van der Waals surface area contributed by atoms with Crippen LogP contribution < -0.4 is 0 Å². The van der Waals surface area contributed by atoms with Crippen LogP contribution in [-0.4, -0.2) is 32.6 Å². The largest absolute Gasteiger partial charge is 0.337 e. The summed E-state index contributed by atoms with van der Waals surface area (Å²) in [6, 6.07) is 5.95. The quantitative estimate of drug-likeness (QED) is 0.635. The fraction of sp³-hybridized carbons (Fsp3) is 0.286. The summed E-state index contributed by atoms with van der Waals surface area (Å²) in [4.78, 5) is 24.3. The molecule has 0 aliphatic carbocycles. The zero-order valence-corrected chi connectivity index (χ0v) is 12.1. The van der Waals surface area contributed by atoms with Crippen molar-refractivity contribution >= 4 is 11.6 Å². The van der Waals surface area contributed by atoms with Crippen LogP contribution in [-0.2, 0) is 13.6 Å². The highest BCUT2D eigenvalue weighted by Gasteiger charge is 2.22. The molecule has 0 aliphatic heterocycles. The highest BCUT2D eigenvalue weighted by molar-refractivity contribution is 5.97. The van der Waals surface area contributed by atoms with E-state index in [1.807, 2.05) is 14.0 Å². The molecule has 0 saturated heterocycles. The van der Waals surface area contributed by atoms with E-state index in [1.165, 1.54) is 17.0 Å². The number of carbonyl (C=O) groups excluding carboxylic acids is 1. The molecule has 0 radical (unpaired) electrons. The van der Waals surface area contributed by atoms with Crippen LogP contribution in [0.15, 0.2) is 30.5 Å². The van der Waals surface area contributed by atoms with E-state index in [2.05, 4.69) is 5.10 Å². The molecule has 0 unspecified atom stereocenters. The Hall–Kier alpha value is -2.70. The van der Waals surface area contributed by atoms with E-state index in [0.29, 0.717) is 6.54 Å². The first-order chi connectivity index (χ1) is 9.91. The third-order valence-corrected chi connectivity index (χ3v) is 3.42. The smallest absolute Gasteiger partial charge is 0.282 e. The number of aromatic nitrogens is 2. The number of aryl methyl sites for hydroxylation is 1. The number of nitrogens with zero attached hydrogens (tertiary/aromatic N) is 4. The molecular weight excluding hydrogens is 272 g/mol. The van der Waals surface area contributed by atoms with Crippen molar-refractivity contribution in [2.24, 2.45) is 7.05 Å². The first-order valence-corrected chi connectivity index (χ1v) is 6.38. The van der Waals surface area contributed by atoms with Crippen LogP contribution in [0.3, 0.4) is 0 Å². The van der Waals surface area contributed by atoms with Crippen molar-refractivity contribution in [3.63, 3.8) is 0 Å². The van der Waals surface area contributed by atoms with Crippen molar-refractivity contribution in [3.05, 3.63) is 57.4 Å². The lowest BCUT2D eigenvalue weighted by Crippen LogP contribution is -2.27. The molecule has 0 bridgehead atoms. The maximum atomic E-state index is 12.4. The Kier molecular flexibility index (Phi) is 4.02. The SMILES string of the molecule is Cc1c(CN(C)C(=O)c2ccccc2[N+](=O)[O-])cnn1C. The van der Waals surface area contributed by atoms with Gasteiger partial charge in [0.25, 0.3) is 11.6 Å². The van der Waals surface area contributed by atoms with Gasteiger partial charge in [-0.2, -0.15) is 5.10 Å². The minimum absolute atomic E-state index is 0.0894. The summed E-state index contributed by atoms with van der Waals surface area (Å²) in [5, 5.41) is 15.1. The number of nitro benzene ring substituents is 1. The van der Waals surface area contributed by atoms with Crippen LogP contribution >= 0.6 is 0 Å². The van der Waals surface area contributed by atoms with Gasteiger partial charge in [-0.15, -0.1) is 0 Å². The second kappa shape index (κ2) is 5.74. The summed E-state index contributed by atoms with van der Waals surface area (Å²) in [6.45, 7) is 2.26. The molecule has 1 aromatic carbocycles. The summed E-state index contributed by atoms with van der Waals surface area (Å²) in [6.07, 6.45) is 1.69. The van der Waals surface area contributed by atoms with Gasteiger partial charge in [0.1, 0.15) is 5.56 Å². The van der Waals surface area contributed by atoms with Crippen LogP contribution in [0.4, 0.5) is 5.69 Å².